The molecule has 0 saturated carbocycles. The lowest BCUT2D eigenvalue weighted by Crippen LogP contribution is -2.46. The number of nitrogen functional groups attached to an aromatic ring is 1. The van der Waals surface area contributed by atoms with Crippen molar-refractivity contribution in [3.05, 3.63) is 22.2 Å². The van der Waals surface area contributed by atoms with Crippen LogP contribution in [-0.2, 0) is 4.74 Å². The molecule has 1 aliphatic heterocycles. The van der Waals surface area contributed by atoms with E-state index >= 15 is 0 Å². The molecule has 2 heterocycles. The van der Waals surface area contributed by atoms with Crippen LogP contribution in [0.4, 0.5) is 10.2 Å². The van der Waals surface area contributed by atoms with E-state index in [0.29, 0.717) is 5.56 Å². The Kier molecular flexibility index (Phi) is 3.89. The van der Waals surface area contributed by atoms with Crippen LogP contribution >= 0.6 is 0 Å². The first-order chi connectivity index (χ1) is 8.95. The zero-order chi connectivity index (χ0) is 14.2. The van der Waals surface area contributed by atoms with Crippen LogP contribution in [-0.4, -0.2) is 28.4 Å². The van der Waals surface area contributed by atoms with Crippen molar-refractivity contribution in [1.29, 1.82) is 0 Å². The quantitative estimate of drug-likeness (QED) is 0.882. The number of hydrogen-bond acceptors (Lipinski definition) is 4. The molecule has 2 rings (SSSR count). The second-order valence-electron chi connectivity index (χ2n) is 5.15. The topological polar surface area (TPSA) is 70.1 Å². The number of aryl methyl sites for hydroxylation is 1. The summed E-state index contributed by atoms with van der Waals surface area (Å²) in [5.41, 5.74) is 5.71. The van der Waals surface area contributed by atoms with Crippen molar-refractivity contribution in [2.24, 2.45) is 5.92 Å². The van der Waals surface area contributed by atoms with E-state index in [1.165, 1.54) is 4.57 Å². The SMILES string of the molecule is CCC1OCC(n2cc(C)c(N)nc2=O)C(F)C1C. The van der Waals surface area contributed by atoms with Crippen LogP contribution in [0.2, 0.25) is 0 Å². The van der Waals surface area contributed by atoms with Gasteiger partial charge in [-0.1, -0.05) is 13.8 Å². The van der Waals surface area contributed by atoms with Gasteiger partial charge in [0.1, 0.15) is 12.0 Å². The molecule has 5 nitrogen and oxygen atoms in total. The fraction of sp³-hybridized carbons (Fsp3) is 0.692. The molecule has 0 amide bonds. The molecule has 1 saturated heterocycles. The number of rotatable bonds is 2. The van der Waals surface area contributed by atoms with Crippen LogP contribution < -0.4 is 11.4 Å². The van der Waals surface area contributed by atoms with Crippen molar-refractivity contribution >= 4 is 5.82 Å². The summed E-state index contributed by atoms with van der Waals surface area (Å²) in [7, 11) is 0. The Morgan fingerprint density at radius 2 is 2.32 bits per heavy atom. The molecule has 2 N–H and O–H groups in total. The molecule has 19 heavy (non-hydrogen) atoms. The molecule has 106 valence electrons. The van der Waals surface area contributed by atoms with E-state index in [1.807, 2.05) is 13.8 Å². The Balaban J connectivity index is 2.33. The minimum absolute atomic E-state index is 0.0928. The number of halogens is 1. The highest BCUT2D eigenvalue weighted by molar-refractivity contribution is 5.35. The highest BCUT2D eigenvalue weighted by Gasteiger charge is 2.38. The third-order valence-electron chi connectivity index (χ3n) is 3.87. The van der Waals surface area contributed by atoms with Crippen molar-refractivity contribution < 1.29 is 9.13 Å². The maximum atomic E-state index is 14.5. The van der Waals surface area contributed by atoms with Crippen molar-refractivity contribution in [3.8, 4) is 0 Å². The second kappa shape index (κ2) is 5.28. The van der Waals surface area contributed by atoms with Gasteiger partial charge in [0.05, 0.1) is 18.8 Å². The molecular formula is C13H20FN3O2. The van der Waals surface area contributed by atoms with E-state index in [0.717, 1.165) is 6.42 Å². The van der Waals surface area contributed by atoms with Gasteiger partial charge in [-0.3, -0.25) is 4.57 Å². The van der Waals surface area contributed by atoms with E-state index in [2.05, 4.69) is 4.98 Å². The third-order valence-corrected chi connectivity index (χ3v) is 3.87. The van der Waals surface area contributed by atoms with E-state index in [-0.39, 0.29) is 24.4 Å². The van der Waals surface area contributed by atoms with Crippen LogP contribution in [0.25, 0.3) is 0 Å². The van der Waals surface area contributed by atoms with Gasteiger partial charge in [-0.25, -0.2) is 9.18 Å². The number of nitrogens with zero attached hydrogens (tertiary/aromatic N) is 2. The third kappa shape index (κ3) is 2.49. The van der Waals surface area contributed by atoms with Crippen LogP contribution in [0.5, 0.6) is 0 Å². The summed E-state index contributed by atoms with van der Waals surface area (Å²) in [6.07, 6.45) is 1.11. The highest BCUT2D eigenvalue weighted by atomic mass is 19.1. The maximum absolute atomic E-state index is 14.5. The lowest BCUT2D eigenvalue weighted by Gasteiger charge is -2.37. The Bertz CT molecular complexity index is 517. The standard InChI is InChI=1S/C13H20FN3O2/c1-4-10-8(3)11(14)9(6-19-10)17-5-7(2)12(15)16-13(17)18/h5,8-11H,4,6H2,1-3H3,(H2,15,16,18). The van der Waals surface area contributed by atoms with E-state index in [4.69, 9.17) is 10.5 Å². The van der Waals surface area contributed by atoms with Gasteiger partial charge in [-0.15, -0.1) is 0 Å². The van der Waals surface area contributed by atoms with Crippen molar-refractivity contribution in [1.82, 2.24) is 9.55 Å². The highest BCUT2D eigenvalue weighted by Crippen LogP contribution is 2.32. The van der Waals surface area contributed by atoms with E-state index in [9.17, 15) is 9.18 Å². The van der Waals surface area contributed by atoms with Crippen LogP contribution in [0.15, 0.2) is 11.0 Å². The van der Waals surface area contributed by atoms with Gasteiger partial charge in [0, 0.05) is 17.7 Å². The summed E-state index contributed by atoms with van der Waals surface area (Å²) in [6.45, 7) is 5.71. The Morgan fingerprint density at radius 1 is 1.63 bits per heavy atom. The first-order valence-corrected chi connectivity index (χ1v) is 6.56. The molecule has 0 aromatic carbocycles. The summed E-state index contributed by atoms with van der Waals surface area (Å²) in [5, 5.41) is 0. The number of ether oxygens (including phenoxy) is 1. The maximum Gasteiger partial charge on any atom is 0.349 e. The fourth-order valence-corrected chi connectivity index (χ4v) is 2.56. The summed E-state index contributed by atoms with van der Waals surface area (Å²) in [5.74, 6) is -0.0543. The van der Waals surface area contributed by atoms with Crippen molar-refractivity contribution in [2.45, 2.75) is 45.5 Å². The average molecular weight is 269 g/mol. The zero-order valence-corrected chi connectivity index (χ0v) is 11.5. The molecule has 1 fully saturated rings. The predicted octanol–water partition coefficient (Wildman–Crippen LogP) is 1.46. The number of alkyl halides is 1. The van der Waals surface area contributed by atoms with Crippen LogP contribution in [0.1, 0.15) is 31.9 Å². The number of aromatic nitrogens is 2. The molecule has 0 bridgehead atoms. The first kappa shape index (κ1) is 14.0. The lowest BCUT2D eigenvalue weighted by atomic mass is 9.90. The molecule has 0 aliphatic carbocycles. The normalized spacial score (nSPS) is 31.4. The summed E-state index contributed by atoms with van der Waals surface area (Å²) in [4.78, 5) is 15.6. The monoisotopic (exact) mass is 269 g/mol. The molecule has 4 unspecified atom stereocenters. The minimum Gasteiger partial charge on any atom is -0.383 e. The van der Waals surface area contributed by atoms with Crippen LogP contribution in [0, 0.1) is 12.8 Å². The predicted molar refractivity (Wildman–Crippen MR) is 70.8 cm³/mol. The van der Waals surface area contributed by atoms with Gasteiger partial charge >= 0.3 is 5.69 Å². The largest absolute Gasteiger partial charge is 0.383 e. The first-order valence-electron chi connectivity index (χ1n) is 6.56. The molecule has 0 radical (unpaired) electrons. The molecular weight excluding hydrogens is 249 g/mol. The van der Waals surface area contributed by atoms with Gasteiger partial charge < -0.3 is 10.5 Å². The average Bonchev–Trinajstić information content (AvgIpc) is 2.37. The van der Waals surface area contributed by atoms with Gasteiger partial charge in [0.25, 0.3) is 0 Å². The molecule has 1 aliphatic rings. The Labute approximate surface area is 111 Å². The lowest BCUT2D eigenvalue weighted by molar-refractivity contribution is -0.0913. The van der Waals surface area contributed by atoms with Crippen molar-refractivity contribution in [2.75, 3.05) is 12.3 Å². The zero-order valence-electron chi connectivity index (χ0n) is 11.5. The number of anilines is 1. The van der Waals surface area contributed by atoms with Gasteiger partial charge in [0.15, 0.2) is 0 Å². The van der Waals surface area contributed by atoms with Crippen LogP contribution in [0.3, 0.4) is 0 Å². The van der Waals surface area contributed by atoms with E-state index in [1.54, 1.807) is 13.1 Å². The summed E-state index contributed by atoms with van der Waals surface area (Å²) in [6, 6.07) is -0.628. The Hall–Kier alpha value is -1.43. The van der Waals surface area contributed by atoms with Gasteiger partial charge in [-0.05, 0) is 13.3 Å². The smallest absolute Gasteiger partial charge is 0.349 e. The van der Waals surface area contributed by atoms with E-state index < -0.39 is 17.9 Å². The molecule has 1 aromatic rings. The van der Waals surface area contributed by atoms with Gasteiger partial charge in [0.2, 0.25) is 0 Å². The van der Waals surface area contributed by atoms with Gasteiger partial charge in [-0.2, -0.15) is 4.98 Å². The minimum atomic E-state index is -1.12. The molecule has 6 heteroatoms. The number of nitrogens with two attached hydrogens (primary N) is 1. The molecule has 0 spiro atoms. The summed E-state index contributed by atoms with van der Waals surface area (Å²) >= 11 is 0. The number of hydrogen-bond donors (Lipinski definition) is 1. The fourth-order valence-electron chi connectivity index (χ4n) is 2.56. The van der Waals surface area contributed by atoms with Crippen molar-refractivity contribution in [3.63, 3.8) is 0 Å². The summed E-state index contributed by atoms with van der Waals surface area (Å²) < 4.78 is 21.4. The Morgan fingerprint density at radius 3 is 2.95 bits per heavy atom. The second-order valence-corrected chi connectivity index (χ2v) is 5.15. The molecule has 4 atom stereocenters. The molecule has 1 aromatic heterocycles.